The van der Waals surface area contributed by atoms with Gasteiger partial charge in [0, 0.05) is 18.2 Å². The lowest BCUT2D eigenvalue weighted by Crippen LogP contribution is -2.19. The van der Waals surface area contributed by atoms with E-state index in [1.807, 2.05) is 0 Å². The average Bonchev–Trinajstić information content (AvgIpc) is 2.92. The summed E-state index contributed by atoms with van der Waals surface area (Å²) in [5.74, 6) is 0.777. The van der Waals surface area contributed by atoms with Crippen LogP contribution in [0.15, 0.2) is 18.3 Å². The zero-order chi connectivity index (χ0) is 13.5. The molecule has 0 radical (unpaired) electrons. The van der Waals surface area contributed by atoms with Crippen molar-refractivity contribution in [2.24, 2.45) is 0 Å². The second kappa shape index (κ2) is 4.41. The van der Waals surface area contributed by atoms with Gasteiger partial charge in [0.1, 0.15) is 0 Å². The molecule has 0 bridgehead atoms. The SMILES string of the molecule is O=Cc1ccc2nc(CC3CCCS3(=O)=O)nn2c1. The van der Waals surface area contributed by atoms with Gasteiger partial charge in [0.25, 0.3) is 0 Å². The summed E-state index contributed by atoms with van der Waals surface area (Å²) in [6.07, 6.45) is 4.07. The highest BCUT2D eigenvalue weighted by Gasteiger charge is 2.32. The molecule has 100 valence electrons. The summed E-state index contributed by atoms with van der Waals surface area (Å²) in [5.41, 5.74) is 1.13. The summed E-state index contributed by atoms with van der Waals surface area (Å²) in [4.78, 5) is 15.0. The highest BCUT2D eigenvalue weighted by atomic mass is 32.2. The topological polar surface area (TPSA) is 81.4 Å². The molecule has 1 atom stereocenters. The third kappa shape index (κ3) is 2.25. The molecule has 2 aromatic rings. The fourth-order valence-corrected chi connectivity index (χ4v) is 4.22. The van der Waals surface area contributed by atoms with Gasteiger partial charge in [-0.25, -0.2) is 17.9 Å². The molecule has 0 aliphatic carbocycles. The lowest BCUT2D eigenvalue weighted by molar-refractivity contribution is 0.112. The minimum atomic E-state index is -2.98. The molecule has 7 heteroatoms. The van der Waals surface area contributed by atoms with Crippen molar-refractivity contribution < 1.29 is 13.2 Å². The van der Waals surface area contributed by atoms with E-state index >= 15 is 0 Å². The Morgan fingerprint density at radius 3 is 2.95 bits per heavy atom. The second-order valence-corrected chi connectivity index (χ2v) is 7.15. The van der Waals surface area contributed by atoms with Gasteiger partial charge >= 0.3 is 0 Å². The predicted octanol–water partition coefficient (Wildman–Crippen LogP) is 0.662. The molecule has 3 rings (SSSR count). The molecular formula is C12H13N3O3S. The minimum absolute atomic E-state index is 0.264. The lowest BCUT2D eigenvalue weighted by Gasteiger charge is -2.04. The van der Waals surface area contributed by atoms with Gasteiger partial charge in [0.15, 0.2) is 27.6 Å². The van der Waals surface area contributed by atoms with E-state index in [-0.39, 0.29) is 11.0 Å². The summed E-state index contributed by atoms with van der Waals surface area (Å²) in [6, 6.07) is 3.36. The van der Waals surface area contributed by atoms with Gasteiger partial charge in [-0.3, -0.25) is 4.79 Å². The number of pyridine rings is 1. The zero-order valence-corrected chi connectivity index (χ0v) is 11.0. The summed E-state index contributed by atoms with van der Waals surface area (Å²) >= 11 is 0. The molecule has 0 saturated carbocycles. The lowest BCUT2D eigenvalue weighted by atomic mass is 10.2. The van der Waals surface area contributed by atoms with E-state index in [9.17, 15) is 13.2 Å². The average molecular weight is 279 g/mol. The molecule has 6 nitrogen and oxygen atoms in total. The van der Waals surface area contributed by atoms with Crippen molar-refractivity contribution in [1.82, 2.24) is 14.6 Å². The first-order chi connectivity index (χ1) is 9.08. The third-order valence-corrected chi connectivity index (χ3v) is 5.68. The van der Waals surface area contributed by atoms with Crippen LogP contribution in [0.5, 0.6) is 0 Å². The highest BCUT2D eigenvalue weighted by Crippen LogP contribution is 2.22. The molecule has 1 aliphatic heterocycles. The van der Waals surface area contributed by atoms with Crippen LogP contribution >= 0.6 is 0 Å². The van der Waals surface area contributed by atoms with Gasteiger partial charge in [-0.2, -0.15) is 5.10 Å². The van der Waals surface area contributed by atoms with E-state index in [0.29, 0.717) is 29.9 Å². The van der Waals surface area contributed by atoms with E-state index in [1.165, 1.54) is 4.52 Å². The van der Waals surface area contributed by atoms with Crippen LogP contribution in [-0.4, -0.2) is 40.3 Å². The molecule has 1 fully saturated rings. The fraction of sp³-hybridized carbons (Fsp3) is 0.417. The Bertz CT molecular complexity index is 736. The first-order valence-electron chi connectivity index (χ1n) is 6.10. The number of carbonyl (C=O) groups is 1. The molecule has 1 unspecified atom stereocenters. The van der Waals surface area contributed by atoms with Crippen LogP contribution in [0.4, 0.5) is 0 Å². The van der Waals surface area contributed by atoms with Crippen LogP contribution in [0.25, 0.3) is 5.65 Å². The number of rotatable bonds is 3. The summed E-state index contributed by atoms with van der Waals surface area (Å²) in [7, 11) is -2.98. The van der Waals surface area contributed by atoms with Crippen LogP contribution in [0.1, 0.15) is 29.0 Å². The number of fused-ring (bicyclic) bond motifs is 1. The number of carbonyl (C=O) groups excluding carboxylic acids is 1. The highest BCUT2D eigenvalue weighted by molar-refractivity contribution is 7.92. The van der Waals surface area contributed by atoms with Gasteiger partial charge in [-0.1, -0.05) is 0 Å². The van der Waals surface area contributed by atoms with Gasteiger partial charge in [0.2, 0.25) is 0 Å². The minimum Gasteiger partial charge on any atom is -0.298 e. The molecule has 2 aromatic heterocycles. The number of hydrogen-bond donors (Lipinski definition) is 0. The fourth-order valence-electron chi connectivity index (χ4n) is 2.39. The normalized spacial score (nSPS) is 21.8. The summed E-state index contributed by atoms with van der Waals surface area (Å²) in [6.45, 7) is 0. The van der Waals surface area contributed by atoms with Gasteiger partial charge in [-0.15, -0.1) is 0 Å². The number of sulfone groups is 1. The number of nitrogens with zero attached hydrogens (tertiary/aromatic N) is 3. The zero-order valence-electron chi connectivity index (χ0n) is 10.2. The van der Waals surface area contributed by atoms with Gasteiger partial charge in [0.05, 0.1) is 11.0 Å². The van der Waals surface area contributed by atoms with Crippen molar-refractivity contribution >= 4 is 21.8 Å². The Morgan fingerprint density at radius 1 is 1.42 bits per heavy atom. The second-order valence-electron chi connectivity index (χ2n) is 4.75. The molecule has 1 aliphatic rings. The molecular weight excluding hydrogens is 266 g/mol. The quantitative estimate of drug-likeness (QED) is 0.771. The first-order valence-corrected chi connectivity index (χ1v) is 7.82. The van der Waals surface area contributed by atoms with Crippen molar-refractivity contribution in [3.05, 3.63) is 29.7 Å². The predicted molar refractivity (Wildman–Crippen MR) is 68.9 cm³/mol. The van der Waals surface area contributed by atoms with Crippen molar-refractivity contribution in [1.29, 1.82) is 0 Å². The number of aromatic nitrogens is 3. The van der Waals surface area contributed by atoms with Crippen molar-refractivity contribution in [2.75, 3.05) is 5.75 Å². The van der Waals surface area contributed by atoms with Crippen molar-refractivity contribution in [3.8, 4) is 0 Å². The molecule has 0 N–H and O–H groups in total. The third-order valence-electron chi connectivity index (χ3n) is 3.41. The Morgan fingerprint density at radius 2 is 2.26 bits per heavy atom. The van der Waals surface area contributed by atoms with Gasteiger partial charge in [-0.05, 0) is 25.0 Å². The molecule has 0 amide bonds. The van der Waals surface area contributed by atoms with E-state index < -0.39 is 9.84 Å². The van der Waals surface area contributed by atoms with Crippen LogP contribution in [0.3, 0.4) is 0 Å². The van der Waals surface area contributed by atoms with Crippen LogP contribution < -0.4 is 0 Å². The van der Waals surface area contributed by atoms with Crippen LogP contribution in [-0.2, 0) is 16.3 Å². The van der Waals surface area contributed by atoms with E-state index in [0.717, 1.165) is 12.7 Å². The number of aldehydes is 1. The maximum absolute atomic E-state index is 11.8. The van der Waals surface area contributed by atoms with E-state index in [2.05, 4.69) is 10.1 Å². The summed E-state index contributed by atoms with van der Waals surface area (Å²) < 4.78 is 25.1. The summed E-state index contributed by atoms with van der Waals surface area (Å²) in [5, 5.41) is 3.87. The van der Waals surface area contributed by atoms with Crippen molar-refractivity contribution in [3.63, 3.8) is 0 Å². The van der Waals surface area contributed by atoms with Crippen LogP contribution in [0.2, 0.25) is 0 Å². The maximum atomic E-state index is 11.8. The Hall–Kier alpha value is -1.76. The van der Waals surface area contributed by atoms with E-state index in [4.69, 9.17) is 0 Å². The molecule has 0 aromatic carbocycles. The smallest absolute Gasteiger partial charge is 0.155 e. The molecule has 0 spiro atoms. The molecule has 19 heavy (non-hydrogen) atoms. The van der Waals surface area contributed by atoms with Crippen molar-refractivity contribution in [2.45, 2.75) is 24.5 Å². The monoisotopic (exact) mass is 279 g/mol. The number of hydrogen-bond acceptors (Lipinski definition) is 5. The Labute approximate surface area is 110 Å². The first kappa shape index (κ1) is 12.3. The maximum Gasteiger partial charge on any atom is 0.155 e. The largest absolute Gasteiger partial charge is 0.298 e. The molecule has 1 saturated heterocycles. The van der Waals surface area contributed by atoms with Crippen LogP contribution in [0, 0.1) is 0 Å². The van der Waals surface area contributed by atoms with Gasteiger partial charge < -0.3 is 0 Å². The Kier molecular flexibility index (Phi) is 2.85. The van der Waals surface area contributed by atoms with E-state index in [1.54, 1.807) is 18.3 Å². The Balaban J connectivity index is 1.91. The molecule has 3 heterocycles. The standard InChI is InChI=1S/C12H13N3O3S/c16-8-9-3-4-12-13-11(14-15(12)7-9)6-10-2-1-5-19(10,17)18/h3-4,7-8,10H,1-2,5-6H2.